The second kappa shape index (κ2) is 6.67. The zero-order valence-corrected chi connectivity index (χ0v) is 12.8. The van der Waals surface area contributed by atoms with Gasteiger partial charge in [-0.25, -0.2) is 0 Å². The van der Waals surface area contributed by atoms with E-state index in [0.29, 0.717) is 25.6 Å². The van der Waals surface area contributed by atoms with Gasteiger partial charge in [0.05, 0.1) is 6.10 Å². The molecule has 0 aromatic heterocycles. The van der Waals surface area contributed by atoms with Crippen molar-refractivity contribution in [2.75, 3.05) is 6.54 Å². The van der Waals surface area contributed by atoms with Gasteiger partial charge in [-0.2, -0.15) is 0 Å². The van der Waals surface area contributed by atoms with Crippen LogP contribution in [0, 0.1) is 0 Å². The van der Waals surface area contributed by atoms with Gasteiger partial charge in [0.2, 0.25) is 0 Å². The Morgan fingerprint density at radius 1 is 1.27 bits per heavy atom. The van der Waals surface area contributed by atoms with Crippen LogP contribution in [0.15, 0.2) is 24.3 Å². The molecule has 1 heterocycles. The molecule has 1 aromatic carbocycles. The Balaban J connectivity index is 1.59. The first-order valence-corrected chi connectivity index (χ1v) is 8.10. The van der Waals surface area contributed by atoms with E-state index < -0.39 is 12.0 Å². The molecule has 1 saturated carbocycles. The molecule has 0 bridgehead atoms. The molecule has 0 unspecified atom stereocenters. The fourth-order valence-electron chi connectivity index (χ4n) is 3.48. The Morgan fingerprint density at radius 2 is 1.95 bits per heavy atom. The van der Waals surface area contributed by atoms with Crippen molar-refractivity contribution in [2.45, 2.75) is 56.8 Å². The first-order valence-electron chi connectivity index (χ1n) is 8.10. The molecule has 0 amide bonds. The molecule has 1 aromatic rings. The molecule has 0 spiro atoms. The zero-order chi connectivity index (χ0) is 15.5. The fraction of sp³-hybridized carbons (Fsp3) is 0.588. The molecule has 2 fully saturated rings. The van der Waals surface area contributed by atoms with Gasteiger partial charge in [0, 0.05) is 19.1 Å². The van der Waals surface area contributed by atoms with Crippen molar-refractivity contribution >= 4 is 5.97 Å². The largest absolute Gasteiger partial charge is 0.490 e. The van der Waals surface area contributed by atoms with E-state index >= 15 is 0 Å². The van der Waals surface area contributed by atoms with Crippen LogP contribution in [0.5, 0.6) is 5.75 Å². The number of likely N-dealkylation sites (tertiary alicyclic amines) is 1. The maximum atomic E-state index is 11.3. The summed E-state index contributed by atoms with van der Waals surface area (Å²) in [5.74, 6) is 0.123. The lowest BCUT2D eigenvalue weighted by Crippen LogP contribution is -2.35. The van der Waals surface area contributed by atoms with Gasteiger partial charge < -0.3 is 15.6 Å². The van der Waals surface area contributed by atoms with Crippen LogP contribution in [0.25, 0.3) is 0 Å². The molecule has 3 N–H and O–H groups in total. The number of carboxylic acid groups (broad SMARTS) is 1. The van der Waals surface area contributed by atoms with Gasteiger partial charge in [-0.3, -0.25) is 9.69 Å². The number of aliphatic carboxylic acids is 1. The van der Waals surface area contributed by atoms with E-state index in [1.54, 1.807) is 0 Å². The van der Waals surface area contributed by atoms with Crippen molar-refractivity contribution in [3.05, 3.63) is 29.8 Å². The average molecular weight is 304 g/mol. The minimum absolute atomic E-state index is 0.0499. The molecule has 5 nitrogen and oxygen atoms in total. The summed E-state index contributed by atoms with van der Waals surface area (Å²) in [6.45, 7) is 1.26. The number of nitrogens with zero attached hydrogens (tertiary/aromatic N) is 1. The quantitative estimate of drug-likeness (QED) is 0.870. The maximum Gasteiger partial charge on any atom is 0.320 e. The van der Waals surface area contributed by atoms with E-state index in [0.717, 1.165) is 24.2 Å². The summed E-state index contributed by atoms with van der Waals surface area (Å²) in [5, 5.41) is 9.27. The molecule has 1 aliphatic carbocycles. The highest BCUT2D eigenvalue weighted by molar-refractivity contribution is 5.74. The second-order valence-electron chi connectivity index (χ2n) is 6.45. The SMILES string of the molecule is N[C@H]1C[C@@H](C(=O)O)N(Cc2ccc(OC3CCCC3)cc2)C1. The van der Waals surface area contributed by atoms with Crippen LogP contribution in [0.3, 0.4) is 0 Å². The molecular weight excluding hydrogens is 280 g/mol. The minimum Gasteiger partial charge on any atom is -0.490 e. The molecule has 120 valence electrons. The summed E-state index contributed by atoms with van der Waals surface area (Å²) in [6.07, 6.45) is 5.70. The zero-order valence-electron chi connectivity index (χ0n) is 12.8. The molecule has 5 heteroatoms. The van der Waals surface area contributed by atoms with Crippen molar-refractivity contribution in [3.8, 4) is 5.75 Å². The van der Waals surface area contributed by atoms with E-state index in [4.69, 9.17) is 10.5 Å². The van der Waals surface area contributed by atoms with E-state index in [1.807, 2.05) is 29.2 Å². The average Bonchev–Trinajstić information content (AvgIpc) is 3.11. The van der Waals surface area contributed by atoms with Crippen molar-refractivity contribution in [1.82, 2.24) is 4.90 Å². The van der Waals surface area contributed by atoms with E-state index in [9.17, 15) is 9.90 Å². The molecule has 2 aliphatic rings. The normalized spacial score (nSPS) is 26.4. The lowest BCUT2D eigenvalue weighted by atomic mass is 10.1. The number of hydrogen-bond donors (Lipinski definition) is 2. The molecule has 1 saturated heterocycles. The van der Waals surface area contributed by atoms with E-state index in [1.165, 1.54) is 12.8 Å². The summed E-state index contributed by atoms with van der Waals surface area (Å²) in [6, 6.07) is 7.49. The number of rotatable bonds is 5. The molecule has 1 aliphatic heterocycles. The Labute approximate surface area is 131 Å². The highest BCUT2D eigenvalue weighted by Crippen LogP contribution is 2.25. The lowest BCUT2D eigenvalue weighted by Gasteiger charge is -2.21. The maximum absolute atomic E-state index is 11.3. The van der Waals surface area contributed by atoms with Crippen LogP contribution in [0.2, 0.25) is 0 Å². The van der Waals surface area contributed by atoms with Crippen LogP contribution < -0.4 is 10.5 Å². The van der Waals surface area contributed by atoms with Gasteiger partial charge in [-0.05, 0) is 49.8 Å². The number of hydrogen-bond acceptors (Lipinski definition) is 4. The molecule has 0 radical (unpaired) electrons. The fourth-order valence-corrected chi connectivity index (χ4v) is 3.48. The predicted octanol–water partition coefficient (Wildman–Crippen LogP) is 1.99. The van der Waals surface area contributed by atoms with E-state index in [-0.39, 0.29) is 6.04 Å². The summed E-state index contributed by atoms with van der Waals surface area (Å²) in [5.41, 5.74) is 6.99. The minimum atomic E-state index is -0.783. The topological polar surface area (TPSA) is 75.8 Å². The van der Waals surface area contributed by atoms with Gasteiger partial charge in [0.25, 0.3) is 0 Å². The molecule has 2 atom stereocenters. The third-order valence-electron chi connectivity index (χ3n) is 4.63. The highest BCUT2D eigenvalue weighted by atomic mass is 16.5. The van der Waals surface area contributed by atoms with Crippen molar-refractivity contribution < 1.29 is 14.6 Å². The number of ether oxygens (including phenoxy) is 1. The molecule has 22 heavy (non-hydrogen) atoms. The van der Waals surface area contributed by atoms with Gasteiger partial charge in [0.1, 0.15) is 11.8 Å². The predicted molar refractivity (Wildman–Crippen MR) is 83.8 cm³/mol. The highest BCUT2D eigenvalue weighted by Gasteiger charge is 2.34. The monoisotopic (exact) mass is 304 g/mol. The van der Waals surface area contributed by atoms with Gasteiger partial charge in [-0.15, -0.1) is 0 Å². The number of carboxylic acids is 1. The summed E-state index contributed by atoms with van der Waals surface area (Å²) >= 11 is 0. The summed E-state index contributed by atoms with van der Waals surface area (Å²) in [4.78, 5) is 13.2. The third-order valence-corrected chi connectivity index (χ3v) is 4.63. The third kappa shape index (κ3) is 3.59. The number of nitrogens with two attached hydrogens (primary N) is 1. The standard InChI is InChI=1S/C17H24N2O3/c18-13-9-16(17(20)21)19(11-13)10-12-5-7-15(8-6-12)22-14-3-1-2-4-14/h5-8,13-14,16H,1-4,9-11,18H2,(H,20,21)/t13-,16-/m0/s1. The Bertz CT molecular complexity index is 511. The van der Waals surface area contributed by atoms with Crippen LogP contribution in [-0.2, 0) is 11.3 Å². The smallest absolute Gasteiger partial charge is 0.320 e. The summed E-state index contributed by atoms with van der Waals surface area (Å²) in [7, 11) is 0. The molecule has 3 rings (SSSR count). The Morgan fingerprint density at radius 3 is 2.59 bits per heavy atom. The number of benzene rings is 1. The van der Waals surface area contributed by atoms with Gasteiger partial charge in [-0.1, -0.05) is 12.1 Å². The van der Waals surface area contributed by atoms with Crippen LogP contribution >= 0.6 is 0 Å². The molecular formula is C17H24N2O3. The number of carbonyl (C=O) groups is 1. The van der Waals surface area contributed by atoms with Crippen LogP contribution in [0.1, 0.15) is 37.7 Å². The lowest BCUT2D eigenvalue weighted by molar-refractivity contribution is -0.142. The summed E-state index contributed by atoms with van der Waals surface area (Å²) < 4.78 is 5.95. The van der Waals surface area contributed by atoms with Gasteiger partial charge in [0.15, 0.2) is 0 Å². The van der Waals surface area contributed by atoms with Crippen LogP contribution in [-0.4, -0.2) is 40.7 Å². The van der Waals surface area contributed by atoms with Crippen molar-refractivity contribution in [3.63, 3.8) is 0 Å². The van der Waals surface area contributed by atoms with Crippen molar-refractivity contribution in [2.24, 2.45) is 5.73 Å². The Hall–Kier alpha value is -1.59. The van der Waals surface area contributed by atoms with E-state index in [2.05, 4.69) is 0 Å². The van der Waals surface area contributed by atoms with Crippen LogP contribution in [0.4, 0.5) is 0 Å². The Kier molecular flexibility index (Phi) is 4.64. The van der Waals surface area contributed by atoms with Gasteiger partial charge >= 0.3 is 5.97 Å². The van der Waals surface area contributed by atoms with Crippen molar-refractivity contribution in [1.29, 1.82) is 0 Å². The first-order chi connectivity index (χ1) is 10.6. The second-order valence-corrected chi connectivity index (χ2v) is 6.45. The first kappa shape index (κ1) is 15.3.